The number of carbonyl (C=O) groups excluding carboxylic acids is 1. The minimum absolute atomic E-state index is 0.343. The van der Waals surface area contributed by atoms with Gasteiger partial charge in [-0.05, 0) is 37.4 Å². The Bertz CT molecular complexity index is 566. The van der Waals surface area contributed by atoms with Gasteiger partial charge >= 0.3 is 5.97 Å². The van der Waals surface area contributed by atoms with Crippen molar-refractivity contribution >= 4 is 40.8 Å². The van der Waals surface area contributed by atoms with Gasteiger partial charge in [0.2, 0.25) is 0 Å². The van der Waals surface area contributed by atoms with E-state index in [0.29, 0.717) is 12.3 Å². The van der Waals surface area contributed by atoms with Crippen LogP contribution in [0.15, 0.2) is 39.4 Å². The summed E-state index contributed by atoms with van der Waals surface area (Å²) in [5.74, 6) is 0.423. The van der Waals surface area contributed by atoms with Gasteiger partial charge in [0, 0.05) is 15.2 Å². The Morgan fingerprint density at radius 2 is 2.00 bits per heavy atom. The molecule has 0 amide bonds. The molecule has 0 aliphatic heterocycles. The molecule has 0 N–H and O–H groups in total. The molecule has 0 spiro atoms. The quantitative estimate of drug-likeness (QED) is 0.584. The smallest absolute Gasteiger partial charge is 0.357 e. The molecule has 0 fully saturated rings. The first-order chi connectivity index (χ1) is 9.72. The molecule has 1 aromatic carbocycles. The highest BCUT2D eigenvalue weighted by molar-refractivity contribution is 7.99. The number of nitrogens with zero attached hydrogens (tertiary/aromatic N) is 1. The molecule has 6 heteroatoms. The number of thioether (sulfide) groups is 2. The minimum atomic E-state index is -0.343. The zero-order valence-electron chi connectivity index (χ0n) is 11.3. The van der Waals surface area contributed by atoms with Crippen molar-refractivity contribution < 1.29 is 9.53 Å². The molecule has 2 rings (SSSR count). The maximum atomic E-state index is 11.5. The fourth-order valence-electron chi connectivity index (χ4n) is 1.49. The predicted molar refractivity (Wildman–Crippen MR) is 85.9 cm³/mol. The summed E-state index contributed by atoms with van der Waals surface area (Å²) in [5.41, 5.74) is 0.408. The van der Waals surface area contributed by atoms with Crippen molar-refractivity contribution in [2.75, 3.05) is 12.9 Å². The van der Waals surface area contributed by atoms with Crippen LogP contribution in [0.5, 0.6) is 0 Å². The van der Waals surface area contributed by atoms with E-state index in [1.165, 1.54) is 21.1 Å². The normalized spacial score (nSPS) is 10.5. The summed E-state index contributed by atoms with van der Waals surface area (Å²) >= 11 is 4.94. The summed E-state index contributed by atoms with van der Waals surface area (Å²) < 4.78 is 4.93. The second kappa shape index (κ2) is 7.71. The molecule has 0 aliphatic carbocycles. The fourth-order valence-corrected chi connectivity index (χ4v) is 3.58. The molecule has 20 heavy (non-hydrogen) atoms. The highest BCUT2D eigenvalue weighted by Gasteiger charge is 2.11. The lowest BCUT2D eigenvalue weighted by molar-refractivity contribution is 0.0520. The average Bonchev–Trinajstić information content (AvgIpc) is 2.95. The molecule has 1 heterocycles. The molecule has 1 aromatic heterocycles. The van der Waals surface area contributed by atoms with Gasteiger partial charge in [-0.1, -0.05) is 0 Å². The zero-order chi connectivity index (χ0) is 14.4. The van der Waals surface area contributed by atoms with Crippen LogP contribution in [0.4, 0.5) is 0 Å². The van der Waals surface area contributed by atoms with Crippen LogP contribution < -0.4 is 0 Å². The SMILES string of the molecule is CCOC(=O)c1csc(CSc2ccc(SC)cc2)n1. The number of ether oxygens (including phenoxy) is 1. The van der Waals surface area contributed by atoms with E-state index in [4.69, 9.17) is 4.74 Å². The minimum Gasteiger partial charge on any atom is -0.461 e. The van der Waals surface area contributed by atoms with E-state index in [0.717, 1.165) is 10.8 Å². The molecule has 0 saturated heterocycles. The Morgan fingerprint density at radius 1 is 1.30 bits per heavy atom. The Labute approximate surface area is 131 Å². The zero-order valence-corrected chi connectivity index (χ0v) is 13.7. The summed E-state index contributed by atoms with van der Waals surface area (Å²) in [6.07, 6.45) is 2.06. The number of thiazole rings is 1. The van der Waals surface area contributed by atoms with Crippen molar-refractivity contribution in [1.82, 2.24) is 4.98 Å². The first-order valence-corrected chi connectivity index (χ1v) is 9.20. The number of hydrogen-bond acceptors (Lipinski definition) is 6. The largest absolute Gasteiger partial charge is 0.461 e. The van der Waals surface area contributed by atoms with Crippen LogP contribution in [0.3, 0.4) is 0 Å². The Morgan fingerprint density at radius 3 is 2.65 bits per heavy atom. The van der Waals surface area contributed by atoms with Crippen LogP contribution in [-0.4, -0.2) is 23.8 Å². The van der Waals surface area contributed by atoms with Crippen LogP contribution in [-0.2, 0) is 10.5 Å². The van der Waals surface area contributed by atoms with Crippen molar-refractivity contribution in [3.05, 3.63) is 40.3 Å². The van der Waals surface area contributed by atoms with Gasteiger partial charge in [-0.15, -0.1) is 34.9 Å². The molecule has 2 aromatic rings. The highest BCUT2D eigenvalue weighted by Crippen LogP contribution is 2.26. The van der Waals surface area contributed by atoms with Crippen molar-refractivity contribution in [1.29, 1.82) is 0 Å². The molecule has 3 nitrogen and oxygen atoms in total. The number of carbonyl (C=O) groups is 1. The van der Waals surface area contributed by atoms with Crippen molar-refractivity contribution in [2.24, 2.45) is 0 Å². The van der Waals surface area contributed by atoms with E-state index in [-0.39, 0.29) is 5.97 Å². The molecular weight excluding hydrogens is 310 g/mol. The van der Waals surface area contributed by atoms with Crippen LogP contribution >= 0.6 is 34.9 Å². The molecule has 0 saturated carbocycles. The van der Waals surface area contributed by atoms with Gasteiger partial charge in [0.15, 0.2) is 5.69 Å². The topological polar surface area (TPSA) is 39.2 Å². The molecule has 0 radical (unpaired) electrons. The van der Waals surface area contributed by atoms with Gasteiger partial charge in [0.05, 0.1) is 12.4 Å². The van der Waals surface area contributed by atoms with Gasteiger partial charge in [-0.2, -0.15) is 0 Å². The van der Waals surface area contributed by atoms with E-state index in [9.17, 15) is 4.79 Å². The lowest BCUT2D eigenvalue weighted by atomic mass is 10.4. The van der Waals surface area contributed by atoms with Gasteiger partial charge < -0.3 is 4.74 Å². The van der Waals surface area contributed by atoms with Crippen LogP contribution in [0, 0.1) is 0 Å². The summed E-state index contributed by atoms with van der Waals surface area (Å²) in [4.78, 5) is 18.3. The summed E-state index contributed by atoms with van der Waals surface area (Å²) in [6.45, 7) is 2.17. The van der Waals surface area contributed by atoms with Crippen LogP contribution in [0.1, 0.15) is 22.4 Å². The predicted octanol–water partition coefficient (Wildman–Crippen LogP) is 4.33. The fraction of sp³-hybridized carbons (Fsp3) is 0.286. The van der Waals surface area contributed by atoms with E-state index in [1.807, 2.05) is 0 Å². The van der Waals surface area contributed by atoms with Gasteiger partial charge in [-0.25, -0.2) is 9.78 Å². The number of esters is 1. The summed E-state index contributed by atoms with van der Waals surface area (Å²) in [6, 6.07) is 8.44. The maximum absolute atomic E-state index is 11.5. The van der Waals surface area contributed by atoms with Crippen LogP contribution in [0.25, 0.3) is 0 Å². The van der Waals surface area contributed by atoms with Crippen molar-refractivity contribution in [3.8, 4) is 0 Å². The average molecular weight is 325 g/mol. The molecule has 106 valence electrons. The van der Waals surface area contributed by atoms with E-state index >= 15 is 0 Å². The number of benzene rings is 1. The van der Waals surface area contributed by atoms with Gasteiger partial charge in [-0.3, -0.25) is 0 Å². The second-order valence-corrected chi connectivity index (χ2v) is 6.68. The highest BCUT2D eigenvalue weighted by atomic mass is 32.2. The van der Waals surface area contributed by atoms with Gasteiger partial charge in [0.1, 0.15) is 5.01 Å². The van der Waals surface area contributed by atoms with E-state index in [1.54, 1.807) is 35.8 Å². The number of aromatic nitrogens is 1. The standard InChI is InChI=1S/C14H15NO2S3/c1-3-17-14(16)12-8-20-13(15-12)9-19-11-6-4-10(18-2)5-7-11/h4-8H,3,9H2,1-2H3. The maximum Gasteiger partial charge on any atom is 0.357 e. The molecular formula is C14H15NO2S3. The molecule has 0 aliphatic rings. The second-order valence-electron chi connectivity index (χ2n) is 3.81. The first kappa shape index (κ1) is 15.4. The van der Waals surface area contributed by atoms with E-state index in [2.05, 4.69) is 35.5 Å². The third kappa shape index (κ3) is 4.26. The van der Waals surface area contributed by atoms with Gasteiger partial charge in [0.25, 0.3) is 0 Å². The molecule has 0 atom stereocenters. The van der Waals surface area contributed by atoms with E-state index < -0.39 is 0 Å². The Balaban J connectivity index is 1.91. The third-order valence-corrected chi connectivity index (χ3v) is 5.26. The lowest BCUT2D eigenvalue weighted by Crippen LogP contribution is -2.04. The number of rotatable bonds is 6. The van der Waals surface area contributed by atoms with Crippen molar-refractivity contribution in [2.45, 2.75) is 22.5 Å². The summed E-state index contributed by atoms with van der Waals surface area (Å²) in [7, 11) is 0. The Hall–Kier alpha value is -0.980. The lowest BCUT2D eigenvalue weighted by Gasteiger charge is -2.01. The molecule has 0 unspecified atom stereocenters. The summed E-state index contributed by atoms with van der Waals surface area (Å²) in [5, 5.41) is 2.69. The molecule has 0 bridgehead atoms. The monoisotopic (exact) mass is 325 g/mol. The Kier molecular flexibility index (Phi) is 5.94. The first-order valence-electron chi connectivity index (χ1n) is 6.11. The van der Waals surface area contributed by atoms with Crippen LogP contribution in [0.2, 0.25) is 0 Å². The van der Waals surface area contributed by atoms with Crippen molar-refractivity contribution in [3.63, 3.8) is 0 Å². The number of hydrogen-bond donors (Lipinski definition) is 0. The third-order valence-electron chi connectivity index (χ3n) is 2.46.